The summed E-state index contributed by atoms with van der Waals surface area (Å²) in [6, 6.07) is 15.0. The summed E-state index contributed by atoms with van der Waals surface area (Å²) in [6.07, 6.45) is -3.52. The Hall–Kier alpha value is -2.90. The summed E-state index contributed by atoms with van der Waals surface area (Å²) in [6.45, 7) is 1.40. The topological polar surface area (TPSA) is 69.9 Å². The van der Waals surface area contributed by atoms with Gasteiger partial charge in [0.15, 0.2) is 10.5 Å². The summed E-state index contributed by atoms with van der Waals surface area (Å²) < 4.78 is 56.6. The van der Waals surface area contributed by atoms with E-state index in [1.807, 2.05) is 12.1 Å². The van der Waals surface area contributed by atoms with Gasteiger partial charge in [-0.15, -0.1) is 0 Å². The maximum atomic E-state index is 14.4. The van der Waals surface area contributed by atoms with Gasteiger partial charge in [-0.25, -0.2) is 9.79 Å². The Bertz CT molecular complexity index is 1980. The first kappa shape index (κ1) is 32.5. The number of fused-ring (bicyclic) bond motifs is 1. The molecule has 5 rings (SSSR count). The van der Waals surface area contributed by atoms with Crippen LogP contribution in [0.2, 0.25) is 10.0 Å². The van der Waals surface area contributed by atoms with Crippen LogP contribution in [0.3, 0.4) is 0 Å². The van der Waals surface area contributed by atoms with Crippen molar-refractivity contribution >= 4 is 78.4 Å². The van der Waals surface area contributed by atoms with Crippen LogP contribution in [0, 0.1) is 0 Å². The quantitative estimate of drug-likeness (QED) is 0.180. The Morgan fingerprint density at radius 1 is 1.11 bits per heavy atom. The fourth-order valence-electron chi connectivity index (χ4n) is 4.55. The van der Waals surface area contributed by atoms with Crippen molar-refractivity contribution in [3.63, 3.8) is 0 Å². The Morgan fingerprint density at radius 2 is 1.82 bits per heavy atom. The molecule has 1 aliphatic heterocycles. The molecule has 0 amide bonds. The van der Waals surface area contributed by atoms with Crippen molar-refractivity contribution in [3.05, 3.63) is 127 Å². The highest BCUT2D eigenvalue weighted by Crippen LogP contribution is 2.39. The lowest BCUT2D eigenvalue weighted by Gasteiger charge is -2.26. The summed E-state index contributed by atoms with van der Waals surface area (Å²) in [5.74, 6) is -0.861. The molecule has 1 aromatic heterocycles. The Kier molecular flexibility index (Phi) is 9.76. The van der Waals surface area contributed by atoms with Gasteiger partial charge in [0.25, 0.3) is 5.56 Å². The third-order valence-electron chi connectivity index (χ3n) is 6.43. The van der Waals surface area contributed by atoms with Gasteiger partial charge in [0.05, 0.1) is 27.2 Å². The van der Waals surface area contributed by atoms with Gasteiger partial charge < -0.3 is 9.47 Å². The van der Waals surface area contributed by atoms with E-state index in [1.54, 1.807) is 24.3 Å². The van der Waals surface area contributed by atoms with Crippen molar-refractivity contribution in [1.29, 1.82) is 0 Å². The molecule has 1 aliphatic rings. The average Bonchev–Trinajstić information content (AvgIpc) is 3.27. The number of aromatic nitrogens is 1. The first-order valence-corrected chi connectivity index (χ1v) is 16.0. The minimum absolute atomic E-state index is 0.0574. The molecule has 0 N–H and O–H groups in total. The zero-order valence-electron chi connectivity index (χ0n) is 22.4. The van der Waals surface area contributed by atoms with Crippen LogP contribution in [-0.4, -0.2) is 23.3 Å². The number of ether oxygens (including phenoxy) is 2. The smallest absolute Gasteiger partial charge is 0.434 e. The normalized spacial score (nSPS) is 15.2. The van der Waals surface area contributed by atoms with Gasteiger partial charge >= 0.3 is 12.1 Å². The first-order valence-electron chi connectivity index (χ1n) is 12.8. The van der Waals surface area contributed by atoms with Crippen LogP contribution < -0.4 is 19.6 Å². The maximum absolute atomic E-state index is 14.4. The highest BCUT2D eigenvalue weighted by atomic mass is 79.9. The van der Waals surface area contributed by atoms with Crippen LogP contribution in [0.4, 0.5) is 13.2 Å². The molecule has 0 spiro atoms. The molecular formula is C30H19Br2Cl2F3N2O4S. The van der Waals surface area contributed by atoms with Gasteiger partial charge in [-0.3, -0.25) is 9.36 Å². The molecule has 0 bridgehead atoms. The van der Waals surface area contributed by atoms with Crippen molar-refractivity contribution in [2.45, 2.75) is 25.7 Å². The molecule has 1 atom stereocenters. The number of benzene rings is 3. The van der Waals surface area contributed by atoms with Crippen molar-refractivity contribution < 1.29 is 27.4 Å². The summed E-state index contributed by atoms with van der Waals surface area (Å²) >= 11 is 20.0. The number of esters is 1. The molecule has 2 heterocycles. The standard InChI is InChI=1S/C30H19Br2Cl2F3N2O4S/c1-2-42-28(41)23-24(15-7-9-19(33)10-8-15)39-27(40)22(44-29(39)38-26(23)30(35,36)37)12-17-11-18(31)13-20(32)25(17)43-14-16-5-3-4-6-21(16)34/h3-13,24H,2,14H2,1H3/b22-12-/t24-/m0/s1. The Labute approximate surface area is 279 Å². The van der Waals surface area contributed by atoms with E-state index in [4.69, 9.17) is 32.7 Å². The summed E-state index contributed by atoms with van der Waals surface area (Å²) in [4.78, 5) is 30.6. The number of rotatable bonds is 7. The maximum Gasteiger partial charge on any atom is 0.434 e. The minimum atomic E-state index is -5.02. The molecule has 228 valence electrons. The van der Waals surface area contributed by atoms with Crippen molar-refractivity contribution in [3.8, 4) is 5.75 Å². The van der Waals surface area contributed by atoms with E-state index in [0.29, 0.717) is 30.3 Å². The monoisotopic (exact) mass is 788 g/mol. The zero-order valence-corrected chi connectivity index (χ0v) is 27.9. The number of hydrogen-bond donors (Lipinski definition) is 0. The van der Waals surface area contributed by atoms with E-state index in [1.165, 1.54) is 37.3 Å². The van der Waals surface area contributed by atoms with E-state index in [-0.39, 0.29) is 28.1 Å². The Balaban J connectivity index is 1.72. The molecule has 0 saturated carbocycles. The number of thiazole rings is 1. The first-order chi connectivity index (χ1) is 20.9. The number of hydrogen-bond acceptors (Lipinski definition) is 6. The van der Waals surface area contributed by atoms with Gasteiger partial charge in [0, 0.05) is 25.6 Å². The molecule has 0 aliphatic carbocycles. The van der Waals surface area contributed by atoms with Crippen LogP contribution in [0.1, 0.15) is 29.7 Å². The fraction of sp³-hybridized carbons (Fsp3) is 0.167. The van der Waals surface area contributed by atoms with Crippen LogP contribution in [0.25, 0.3) is 6.08 Å². The van der Waals surface area contributed by atoms with Gasteiger partial charge in [0.2, 0.25) is 0 Å². The number of nitrogens with zero attached hydrogens (tertiary/aromatic N) is 2. The molecule has 14 heteroatoms. The van der Waals surface area contributed by atoms with Crippen LogP contribution in [0.5, 0.6) is 5.75 Å². The van der Waals surface area contributed by atoms with E-state index in [9.17, 15) is 22.8 Å². The number of alkyl halides is 3. The third-order valence-corrected chi connectivity index (χ3v) is 9.08. The molecule has 3 aromatic carbocycles. The second kappa shape index (κ2) is 13.2. The molecule has 0 unspecified atom stereocenters. The molecule has 0 radical (unpaired) electrons. The van der Waals surface area contributed by atoms with E-state index in [2.05, 4.69) is 36.9 Å². The second-order valence-corrected chi connectivity index (χ2v) is 12.9. The minimum Gasteiger partial charge on any atom is -0.487 e. The zero-order chi connectivity index (χ0) is 31.8. The molecule has 44 heavy (non-hydrogen) atoms. The van der Waals surface area contributed by atoms with Gasteiger partial charge in [0.1, 0.15) is 12.4 Å². The number of carbonyl (C=O) groups excluding carboxylic acids is 1. The van der Waals surface area contributed by atoms with Crippen molar-refractivity contribution in [2.75, 3.05) is 6.61 Å². The SMILES string of the molecule is CCOC(=O)C1=C(C(F)(F)F)N=c2s/c(=C\c3cc(Br)cc(Br)c3OCc3ccccc3Cl)c(=O)n2[C@H]1c1ccc(Cl)cc1. The van der Waals surface area contributed by atoms with Crippen LogP contribution in [-0.2, 0) is 16.1 Å². The van der Waals surface area contributed by atoms with Crippen molar-refractivity contribution in [1.82, 2.24) is 4.57 Å². The van der Waals surface area contributed by atoms with Gasteiger partial charge in [-0.2, -0.15) is 13.2 Å². The number of halogens is 7. The predicted molar refractivity (Wildman–Crippen MR) is 170 cm³/mol. The van der Waals surface area contributed by atoms with Crippen LogP contribution in [0.15, 0.2) is 90.7 Å². The number of allylic oxidation sites excluding steroid dienone is 1. The van der Waals surface area contributed by atoms with E-state index < -0.39 is 35.0 Å². The highest BCUT2D eigenvalue weighted by Gasteiger charge is 2.45. The third kappa shape index (κ3) is 6.69. The molecular weight excluding hydrogens is 772 g/mol. The lowest BCUT2D eigenvalue weighted by Crippen LogP contribution is -2.41. The van der Waals surface area contributed by atoms with E-state index >= 15 is 0 Å². The predicted octanol–water partition coefficient (Wildman–Crippen LogP) is 7.75. The van der Waals surface area contributed by atoms with Gasteiger partial charge in [-0.1, -0.05) is 80.8 Å². The lowest BCUT2D eigenvalue weighted by molar-refractivity contribution is -0.140. The van der Waals surface area contributed by atoms with Crippen molar-refractivity contribution in [2.24, 2.45) is 4.99 Å². The van der Waals surface area contributed by atoms with Crippen LogP contribution >= 0.6 is 66.4 Å². The molecule has 0 fully saturated rings. The fourth-order valence-corrected chi connectivity index (χ4v) is 7.23. The Morgan fingerprint density at radius 3 is 2.48 bits per heavy atom. The summed E-state index contributed by atoms with van der Waals surface area (Å²) in [5, 5.41) is 0.832. The van der Waals surface area contributed by atoms with E-state index in [0.717, 1.165) is 21.5 Å². The summed E-state index contributed by atoms with van der Waals surface area (Å²) in [5.41, 5.74) is -1.50. The second-order valence-electron chi connectivity index (χ2n) is 9.30. The average molecular weight is 791 g/mol. The molecule has 4 aromatic rings. The largest absolute Gasteiger partial charge is 0.487 e. The number of carbonyl (C=O) groups is 1. The molecule has 0 saturated heterocycles. The summed E-state index contributed by atoms with van der Waals surface area (Å²) in [7, 11) is 0. The van der Waals surface area contributed by atoms with Gasteiger partial charge in [-0.05, 0) is 64.8 Å². The highest BCUT2D eigenvalue weighted by molar-refractivity contribution is 9.11. The molecule has 6 nitrogen and oxygen atoms in total. The lowest BCUT2D eigenvalue weighted by atomic mass is 9.95.